The smallest absolute Gasteiger partial charge is 0.222 e. The number of amides is 1. The standard InChI is InChI=1S/C12H20N2O/c1-8(15)13-10-7-9-5-6-12(4,14-10)11(9,2)3/h9H,5-7H2,1-4H3,(H,13,14,15). The van der Waals surface area contributed by atoms with Gasteiger partial charge in [0.1, 0.15) is 5.84 Å². The van der Waals surface area contributed by atoms with E-state index in [1.807, 2.05) is 0 Å². The number of carbonyl (C=O) groups is 1. The number of nitrogens with zero attached hydrogens (tertiary/aromatic N) is 1. The molecule has 0 aromatic heterocycles. The monoisotopic (exact) mass is 208 g/mol. The number of rotatable bonds is 0. The van der Waals surface area contributed by atoms with E-state index >= 15 is 0 Å². The number of fused-ring (bicyclic) bond motifs is 2. The minimum absolute atomic E-state index is 0.00328. The summed E-state index contributed by atoms with van der Waals surface area (Å²) in [6, 6.07) is 0. The van der Waals surface area contributed by atoms with Crippen LogP contribution in [0.3, 0.4) is 0 Å². The van der Waals surface area contributed by atoms with Crippen LogP contribution in [0.4, 0.5) is 0 Å². The lowest BCUT2D eigenvalue weighted by Gasteiger charge is -2.43. The molecule has 0 spiro atoms. The molecule has 2 rings (SSSR count). The zero-order valence-corrected chi connectivity index (χ0v) is 10.1. The average molecular weight is 208 g/mol. The van der Waals surface area contributed by atoms with Crippen molar-refractivity contribution in [1.82, 2.24) is 5.32 Å². The van der Waals surface area contributed by atoms with Crippen LogP contribution >= 0.6 is 0 Å². The first-order chi connectivity index (χ1) is 6.85. The number of carbonyl (C=O) groups excluding carboxylic acids is 1. The van der Waals surface area contributed by atoms with Gasteiger partial charge in [-0.3, -0.25) is 9.79 Å². The molecular weight excluding hydrogens is 188 g/mol. The van der Waals surface area contributed by atoms with Crippen molar-refractivity contribution < 1.29 is 4.79 Å². The van der Waals surface area contributed by atoms with Crippen LogP contribution in [0.15, 0.2) is 4.99 Å². The minimum Gasteiger partial charge on any atom is -0.315 e. The van der Waals surface area contributed by atoms with Crippen molar-refractivity contribution in [3.05, 3.63) is 0 Å². The first-order valence-electron chi connectivity index (χ1n) is 5.71. The lowest BCUT2D eigenvalue weighted by atomic mass is 9.68. The number of aliphatic imine (C=N–C) groups is 1. The summed E-state index contributed by atoms with van der Waals surface area (Å²) in [5.41, 5.74) is 0.294. The van der Waals surface area contributed by atoms with Gasteiger partial charge in [-0.15, -0.1) is 0 Å². The van der Waals surface area contributed by atoms with Crippen LogP contribution in [0.2, 0.25) is 0 Å². The molecule has 1 heterocycles. The number of nitrogens with one attached hydrogen (secondary N) is 1. The first-order valence-corrected chi connectivity index (χ1v) is 5.71. The van der Waals surface area contributed by atoms with Crippen molar-refractivity contribution in [3.8, 4) is 0 Å². The van der Waals surface area contributed by atoms with Crippen molar-refractivity contribution in [2.75, 3.05) is 0 Å². The molecule has 1 fully saturated rings. The van der Waals surface area contributed by atoms with Crippen molar-refractivity contribution in [3.63, 3.8) is 0 Å². The summed E-state index contributed by atoms with van der Waals surface area (Å²) < 4.78 is 0. The fourth-order valence-corrected chi connectivity index (χ4v) is 2.99. The Morgan fingerprint density at radius 1 is 1.47 bits per heavy atom. The molecule has 84 valence electrons. The Morgan fingerprint density at radius 2 is 2.13 bits per heavy atom. The van der Waals surface area contributed by atoms with E-state index in [2.05, 4.69) is 26.1 Å². The maximum Gasteiger partial charge on any atom is 0.222 e. The Kier molecular flexibility index (Phi) is 2.18. The van der Waals surface area contributed by atoms with Gasteiger partial charge >= 0.3 is 0 Å². The van der Waals surface area contributed by atoms with Crippen LogP contribution in [-0.4, -0.2) is 17.3 Å². The zero-order chi connectivity index (χ0) is 11.3. The average Bonchev–Trinajstić information content (AvgIpc) is 2.27. The van der Waals surface area contributed by atoms with E-state index in [0.29, 0.717) is 5.92 Å². The summed E-state index contributed by atoms with van der Waals surface area (Å²) in [7, 11) is 0. The summed E-state index contributed by atoms with van der Waals surface area (Å²) >= 11 is 0. The number of hydrogen-bond donors (Lipinski definition) is 1. The van der Waals surface area contributed by atoms with Crippen LogP contribution in [0.25, 0.3) is 0 Å². The molecule has 2 atom stereocenters. The predicted octanol–water partition coefficient (Wildman–Crippen LogP) is 2.12. The van der Waals surface area contributed by atoms with Gasteiger partial charge in [0.25, 0.3) is 0 Å². The second kappa shape index (κ2) is 3.06. The molecule has 15 heavy (non-hydrogen) atoms. The van der Waals surface area contributed by atoms with Gasteiger partial charge in [0.05, 0.1) is 5.54 Å². The Labute approximate surface area is 91.3 Å². The zero-order valence-electron chi connectivity index (χ0n) is 10.1. The van der Waals surface area contributed by atoms with Crippen LogP contribution in [0, 0.1) is 11.3 Å². The molecule has 0 saturated heterocycles. The summed E-state index contributed by atoms with van der Waals surface area (Å²) in [6.07, 6.45) is 3.31. The number of hydrogen-bond acceptors (Lipinski definition) is 2. The van der Waals surface area contributed by atoms with Gasteiger partial charge in [-0.25, -0.2) is 0 Å². The highest BCUT2D eigenvalue weighted by molar-refractivity contribution is 5.98. The molecule has 2 unspecified atom stereocenters. The first kappa shape index (κ1) is 10.7. The normalized spacial score (nSPS) is 37.3. The van der Waals surface area contributed by atoms with E-state index in [9.17, 15) is 4.79 Å². The third-order valence-electron chi connectivity index (χ3n) is 4.53. The maximum absolute atomic E-state index is 11.0. The quantitative estimate of drug-likeness (QED) is 0.651. The molecule has 1 aliphatic carbocycles. The molecule has 0 aromatic carbocycles. The fourth-order valence-electron chi connectivity index (χ4n) is 2.99. The van der Waals surface area contributed by atoms with Gasteiger partial charge in [0, 0.05) is 13.3 Å². The van der Waals surface area contributed by atoms with Crippen LogP contribution in [0.5, 0.6) is 0 Å². The van der Waals surface area contributed by atoms with Gasteiger partial charge in [0.2, 0.25) is 5.91 Å². The second-order valence-corrected chi connectivity index (χ2v) is 5.67. The Balaban J connectivity index is 2.29. The van der Waals surface area contributed by atoms with Gasteiger partial charge in [-0.1, -0.05) is 13.8 Å². The molecule has 3 heteroatoms. The van der Waals surface area contributed by atoms with E-state index in [1.165, 1.54) is 6.42 Å². The van der Waals surface area contributed by atoms with Gasteiger partial charge in [0.15, 0.2) is 0 Å². The highest BCUT2D eigenvalue weighted by Crippen LogP contribution is 2.55. The van der Waals surface area contributed by atoms with Gasteiger partial charge in [-0.2, -0.15) is 0 Å². The largest absolute Gasteiger partial charge is 0.315 e. The van der Waals surface area contributed by atoms with Crippen molar-refractivity contribution in [2.45, 2.75) is 52.5 Å². The topological polar surface area (TPSA) is 41.5 Å². The maximum atomic E-state index is 11.0. The fraction of sp³-hybridized carbons (Fsp3) is 0.833. The van der Waals surface area contributed by atoms with E-state index < -0.39 is 0 Å². The molecule has 1 amide bonds. The Hall–Kier alpha value is -0.860. The molecule has 2 aliphatic rings. The van der Waals surface area contributed by atoms with Crippen LogP contribution in [-0.2, 0) is 4.79 Å². The third kappa shape index (κ3) is 1.48. The number of amidine groups is 1. The Bertz CT molecular complexity index is 333. The third-order valence-corrected chi connectivity index (χ3v) is 4.53. The second-order valence-electron chi connectivity index (χ2n) is 5.67. The minimum atomic E-state index is -0.00328. The predicted molar refractivity (Wildman–Crippen MR) is 60.8 cm³/mol. The Morgan fingerprint density at radius 3 is 2.67 bits per heavy atom. The molecule has 3 nitrogen and oxygen atoms in total. The highest BCUT2D eigenvalue weighted by atomic mass is 16.1. The lowest BCUT2D eigenvalue weighted by Crippen LogP contribution is -2.46. The SMILES string of the molecule is CC(=O)NC1=NC2(C)CCC(C1)C2(C)C. The molecule has 1 aliphatic heterocycles. The van der Waals surface area contributed by atoms with Crippen molar-refractivity contribution >= 4 is 11.7 Å². The summed E-state index contributed by atoms with van der Waals surface area (Å²) in [4.78, 5) is 15.8. The molecular formula is C12H20N2O. The van der Waals surface area contributed by atoms with E-state index in [-0.39, 0.29) is 16.9 Å². The molecule has 0 radical (unpaired) electrons. The molecule has 0 aromatic rings. The van der Waals surface area contributed by atoms with Crippen LogP contribution < -0.4 is 5.32 Å². The van der Waals surface area contributed by atoms with Crippen molar-refractivity contribution in [1.29, 1.82) is 0 Å². The van der Waals surface area contributed by atoms with E-state index in [1.54, 1.807) is 6.92 Å². The van der Waals surface area contributed by atoms with Crippen molar-refractivity contribution in [2.24, 2.45) is 16.3 Å². The molecule has 1 N–H and O–H groups in total. The summed E-state index contributed by atoms with van der Waals surface area (Å²) in [6.45, 7) is 8.37. The molecule has 2 bridgehead atoms. The van der Waals surface area contributed by atoms with E-state index in [0.717, 1.165) is 18.7 Å². The molecule has 1 saturated carbocycles. The highest BCUT2D eigenvalue weighted by Gasteiger charge is 2.54. The van der Waals surface area contributed by atoms with E-state index in [4.69, 9.17) is 4.99 Å². The summed E-state index contributed by atoms with van der Waals surface area (Å²) in [5, 5.41) is 2.86. The summed E-state index contributed by atoms with van der Waals surface area (Å²) in [5.74, 6) is 1.56. The van der Waals surface area contributed by atoms with Gasteiger partial charge < -0.3 is 5.32 Å². The van der Waals surface area contributed by atoms with Gasteiger partial charge in [-0.05, 0) is 31.1 Å². The van der Waals surface area contributed by atoms with Crippen LogP contribution in [0.1, 0.15) is 47.0 Å². The lowest BCUT2D eigenvalue weighted by molar-refractivity contribution is -0.117.